The molecule has 158 valence electrons. The topological polar surface area (TPSA) is 68.2 Å². The number of nitrogens with zero attached hydrogens (tertiary/aromatic N) is 2. The summed E-state index contributed by atoms with van der Waals surface area (Å²) in [6.45, 7) is 2.40. The van der Waals surface area contributed by atoms with Crippen molar-refractivity contribution in [2.75, 3.05) is 19.0 Å². The number of fused-ring (bicyclic) bond motifs is 1. The first-order chi connectivity index (χ1) is 15.1. The standard InChI is InChI=1S/C25H26N4O2/c1-17-10-11-24(31-3)22(13-17)28-25(30)27-15-20(18-7-6-12-26-14-18)21-16-29(2)23-9-5-4-8-19(21)23/h4-14,16,20H,15H2,1-3H3,(H2,27,28,30)/t20-/m1/s1. The van der Waals surface area contributed by atoms with Crippen LogP contribution in [-0.4, -0.2) is 29.2 Å². The van der Waals surface area contributed by atoms with Crippen LogP contribution in [-0.2, 0) is 7.05 Å². The Bertz CT molecular complexity index is 1200. The van der Waals surface area contributed by atoms with Gasteiger partial charge in [0, 0.05) is 49.0 Å². The molecule has 2 heterocycles. The molecule has 4 rings (SSSR count). The lowest BCUT2D eigenvalue weighted by molar-refractivity contribution is 0.251. The smallest absolute Gasteiger partial charge is 0.319 e. The Morgan fingerprint density at radius 3 is 2.77 bits per heavy atom. The van der Waals surface area contributed by atoms with E-state index in [9.17, 15) is 4.79 Å². The molecule has 6 heteroatoms. The molecule has 4 aromatic rings. The molecule has 6 nitrogen and oxygen atoms in total. The minimum atomic E-state index is -0.280. The van der Waals surface area contributed by atoms with Gasteiger partial charge in [0.25, 0.3) is 0 Å². The third-order valence-electron chi connectivity index (χ3n) is 5.46. The number of hydrogen-bond donors (Lipinski definition) is 2. The van der Waals surface area contributed by atoms with E-state index < -0.39 is 0 Å². The lowest BCUT2D eigenvalue weighted by Crippen LogP contribution is -2.33. The van der Waals surface area contributed by atoms with Crippen molar-refractivity contribution in [2.45, 2.75) is 12.8 Å². The average molecular weight is 415 g/mol. The molecule has 0 spiro atoms. The van der Waals surface area contributed by atoms with Gasteiger partial charge in [-0.2, -0.15) is 0 Å². The highest BCUT2D eigenvalue weighted by Crippen LogP contribution is 2.31. The minimum absolute atomic E-state index is 0.0371. The van der Waals surface area contributed by atoms with E-state index in [1.807, 2.05) is 62.6 Å². The fraction of sp³-hybridized carbons (Fsp3) is 0.200. The molecule has 0 unspecified atom stereocenters. The van der Waals surface area contributed by atoms with Gasteiger partial charge in [-0.3, -0.25) is 4.98 Å². The number of carbonyl (C=O) groups excluding carboxylic acids is 1. The van der Waals surface area contributed by atoms with Crippen LogP contribution in [0.5, 0.6) is 5.75 Å². The quantitative estimate of drug-likeness (QED) is 0.474. The molecular formula is C25H26N4O2. The first kappa shape index (κ1) is 20.5. The molecule has 31 heavy (non-hydrogen) atoms. The van der Waals surface area contributed by atoms with Crippen LogP contribution >= 0.6 is 0 Å². The SMILES string of the molecule is COc1ccc(C)cc1NC(=O)NC[C@H](c1cccnc1)c1cn(C)c2ccccc12. The van der Waals surface area contributed by atoms with Crippen molar-refractivity contribution < 1.29 is 9.53 Å². The highest BCUT2D eigenvalue weighted by atomic mass is 16.5. The zero-order chi connectivity index (χ0) is 21.8. The van der Waals surface area contributed by atoms with Crippen molar-refractivity contribution in [3.63, 3.8) is 0 Å². The number of methoxy groups -OCH3 is 1. The second-order valence-corrected chi connectivity index (χ2v) is 7.59. The minimum Gasteiger partial charge on any atom is -0.495 e. The van der Waals surface area contributed by atoms with E-state index in [0.29, 0.717) is 18.0 Å². The molecule has 0 fully saturated rings. The van der Waals surface area contributed by atoms with Crippen LogP contribution in [0.2, 0.25) is 0 Å². The molecular weight excluding hydrogens is 388 g/mol. The molecule has 0 aliphatic heterocycles. The Morgan fingerprint density at radius 1 is 1.16 bits per heavy atom. The highest BCUT2D eigenvalue weighted by Gasteiger charge is 2.20. The van der Waals surface area contributed by atoms with Crippen LogP contribution < -0.4 is 15.4 Å². The summed E-state index contributed by atoms with van der Waals surface area (Å²) in [6.07, 6.45) is 5.74. The van der Waals surface area contributed by atoms with Crippen LogP contribution in [0.1, 0.15) is 22.6 Å². The Kier molecular flexibility index (Phi) is 5.89. The second-order valence-electron chi connectivity index (χ2n) is 7.59. The Balaban J connectivity index is 1.59. The molecule has 0 bridgehead atoms. The van der Waals surface area contributed by atoms with Crippen LogP contribution in [0.3, 0.4) is 0 Å². The highest BCUT2D eigenvalue weighted by molar-refractivity contribution is 5.91. The van der Waals surface area contributed by atoms with E-state index in [4.69, 9.17) is 4.74 Å². The first-order valence-corrected chi connectivity index (χ1v) is 10.2. The Hall–Kier alpha value is -3.80. The van der Waals surface area contributed by atoms with Gasteiger partial charge < -0.3 is 19.9 Å². The summed E-state index contributed by atoms with van der Waals surface area (Å²) >= 11 is 0. The number of pyridine rings is 1. The van der Waals surface area contributed by atoms with Crippen molar-refractivity contribution in [3.05, 3.63) is 89.9 Å². The third kappa shape index (κ3) is 4.38. The number of nitrogens with one attached hydrogen (secondary N) is 2. The van der Waals surface area contributed by atoms with Crippen molar-refractivity contribution in [3.8, 4) is 5.75 Å². The van der Waals surface area contributed by atoms with Crippen LogP contribution in [0.4, 0.5) is 10.5 Å². The molecule has 2 aromatic heterocycles. The van der Waals surface area contributed by atoms with Gasteiger partial charge >= 0.3 is 6.03 Å². The summed E-state index contributed by atoms with van der Waals surface area (Å²) in [6, 6.07) is 17.7. The van der Waals surface area contributed by atoms with Gasteiger partial charge in [0.15, 0.2) is 0 Å². The maximum Gasteiger partial charge on any atom is 0.319 e. The van der Waals surface area contributed by atoms with Gasteiger partial charge in [-0.1, -0.05) is 30.3 Å². The Labute approximate surface area is 181 Å². The monoisotopic (exact) mass is 414 g/mol. The summed E-state index contributed by atoms with van der Waals surface area (Å²) in [5.41, 5.74) is 5.04. The lowest BCUT2D eigenvalue weighted by Gasteiger charge is -2.18. The number of para-hydroxylation sites is 1. The van der Waals surface area contributed by atoms with E-state index in [-0.39, 0.29) is 11.9 Å². The summed E-state index contributed by atoms with van der Waals surface area (Å²) in [5, 5.41) is 7.11. The molecule has 1 atom stereocenters. The Morgan fingerprint density at radius 2 is 2.00 bits per heavy atom. The number of hydrogen-bond acceptors (Lipinski definition) is 3. The number of anilines is 1. The molecule has 0 aliphatic carbocycles. The van der Waals surface area contributed by atoms with E-state index in [2.05, 4.69) is 38.5 Å². The summed E-state index contributed by atoms with van der Waals surface area (Å²) in [7, 11) is 3.63. The number of carbonyl (C=O) groups is 1. The van der Waals surface area contributed by atoms with Gasteiger partial charge in [0.05, 0.1) is 12.8 Å². The predicted octanol–water partition coefficient (Wildman–Crippen LogP) is 4.84. The van der Waals surface area contributed by atoms with Crippen LogP contribution in [0.25, 0.3) is 10.9 Å². The zero-order valence-electron chi connectivity index (χ0n) is 17.9. The lowest BCUT2D eigenvalue weighted by atomic mass is 9.92. The molecule has 2 amide bonds. The molecule has 0 saturated carbocycles. The fourth-order valence-corrected chi connectivity index (χ4v) is 3.92. The number of benzene rings is 2. The average Bonchev–Trinajstić information content (AvgIpc) is 3.11. The summed E-state index contributed by atoms with van der Waals surface area (Å²) in [4.78, 5) is 17.0. The molecule has 2 N–H and O–H groups in total. The van der Waals surface area contributed by atoms with Gasteiger partial charge in [0.2, 0.25) is 0 Å². The second kappa shape index (κ2) is 8.92. The number of aromatic nitrogens is 2. The van der Waals surface area contributed by atoms with Crippen molar-refractivity contribution in [1.82, 2.24) is 14.9 Å². The van der Waals surface area contributed by atoms with Crippen LogP contribution in [0.15, 0.2) is 73.2 Å². The normalized spacial score (nSPS) is 11.8. The first-order valence-electron chi connectivity index (χ1n) is 10.2. The molecule has 0 radical (unpaired) electrons. The largest absolute Gasteiger partial charge is 0.495 e. The van der Waals surface area contributed by atoms with Gasteiger partial charge in [-0.25, -0.2) is 4.79 Å². The maximum atomic E-state index is 12.7. The zero-order valence-corrected chi connectivity index (χ0v) is 17.9. The van der Waals surface area contributed by atoms with Crippen molar-refractivity contribution in [1.29, 1.82) is 0 Å². The van der Waals surface area contributed by atoms with Gasteiger partial charge in [-0.05, 0) is 47.9 Å². The number of aryl methyl sites for hydroxylation is 2. The van der Waals surface area contributed by atoms with Crippen molar-refractivity contribution in [2.24, 2.45) is 7.05 Å². The van der Waals surface area contributed by atoms with E-state index in [0.717, 1.165) is 22.2 Å². The number of amides is 2. The summed E-state index contributed by atoms with van der Waals surface area (Å²) in [5.74, 6) is 0.587. The summed E-state index contributed by atoms with van der Waals surface area (Å²) < 4.78 is 7.48. The predicted molar refractivity (Wildman–Crippen MR) is 124 cm³/mol. The molecule has 0 aliphatic rings. The number of urea groups is 1. The fourth-order valence-electron chi connectivity index (χ4n) is 3.92. The third-order valence-corrected chi connectivity index (χ3v) is 5.46. The van der Waals surface area contributed by atoms with Crippen molar-refractivity contribution >= 4 is 22.6 Å². The number of rotatable bonds is 6. The van der Waals surface area contributed by atoms with E-state index in [1.54, 1.807) is 13.3 Å². The number of ether oxygens (including phenoxy) is 1. The van der Waals surface area contributed by atoms with Gasteiger partial charge in [-0.15, -0.1) is 0 Å². The van der Waals surface area contributed by atoms with Gasteiger partial charge in [0.1, 0.15) is 5.75 Å². The van der Waals surface area contributed by atoms with E-state index >= 15 is 0 Å². The molecule has 2 aromatic carbocycles. The van der Waals surface area contributed by atoms with Crippen LogP contribution in [0, 0.1) is 6.92 Å². The molecule has 0 saturated heterocycles. The van der Waals surface area contributed by atoms with E-state index in [1.165, 1.54) is 5.39 Å². The maximum absolute atomic E-state index is 12.7.